The third-order valence-corrected chi connectivity index (χ3v) is 5.32. The molecule has 0 saturated carbocycles. The molecule has 4 rings (SSSR count). The normalized spacial score (nSPS) is 13.8. The van der Waals surface area contributed by atoms with Gasteiger partial charge in [-0.1, -0.05) is 36.4 Å². The summed E-state index contributed by atoms with van der Waals surface area (Å²) in [6.07, 6.45) is 1.43. The van der Waals surface area contributed by atoms with Crippen LogP contribution in [0.5, 0.6) is 0 Å². The van der Waals surface area contributed by atoms with Crippen molar-refractivity contribution in [3.63, 3.8) is 0 Å². The van der Waals surface area contributed by atoms with E-state index in [1.807, 2.05) is 23.6 Å². The van der Waals surface area contributed by atoms with Crippen molar-refractivity contribution in [2.24, 2.45) is 0 Å². The highest BCUT2D eigenvalue weighted by Gasteiger charge is 2.25. The molecule has 0 saturated heterocycles. The van der Waals surface area contributed by atoms with Gasteiger partial charge in [-0.15, -0.1) is 11.3 Å². The maximum Gasteiger partial charge on any atom is 0.230 e. The molecule has 0 atom stereocenters. The average molecular weight is 352 g/mol. The lowest BCUT2D eigenvalue weighted by atomic mass is 10.1. The minimum Gasteiger partial charge on any atom is -0.309 e. The fourth-order valence-electron chi connectivity index (χ4n) is 3.15. The molecule has 1 amide bonds. The zero-order valence-electron chi connectivity index (χ0n) is 13.9. The van der Waals surface area contributed by atoms with Gasteiger partial charge in [-0.2, -0.15) is 5.10 Å². The first-order valence-corrected chi connectivity index (χ1v) is 9.30. The van der Waals surface area contributed by atoms with Crippen molar-refractivity contribution in [2.75, 3.05) is 11.9 Å². The largest absolute Gasteiger partial charge is 0.309 e. The number of rotatable bonds is 6. The van der Waals surface area contributed by atoms with Gasteiger partial charge in [-0.05, 0) is 23.4 Å². The van der Waals surface area contributed by atoms with Crippen LogP contribution in [0.4, 0.5) is 5.82 Å². The maximum atomic E-state index is 12.2. The molecule has 1 aliphatic rings. The van der Waals surface area contributed by atoms with Gasteiger partial charge in [-0.25, -0.2) is 0 Å². The van der Waals surface area contributed by atoms with Gasteiger partial charge in [0.05, 0.1) is 12.1 Å². The highest BCUT2D eigenvalue weighted by Crippen LogP contribution is 2.27. The molecule has 2 N–H and O–H groups in total. The zero-order chi connectivity index (χ0) is 17.1. The Kier molecular flexibility index (Phi) is 4.63. The Bertz CT molecular complexity index is 842. The molecular formula is C19H20N4OS. The number of carbonyl (C=O) groups is 1. The second-order valence-corrected chi connectivity index (χ2v) is 7.31. The zero-order valence-corrected chi connectivity index (χ0v) is 14.7. The van der Waals surface area contributed by atoms with E-state index in [0.29, 0.717) is 12.2 Å². The van der Waals surface area contributed by atoms with Crippen LogP contribution in [0.2, 0.25) is 0 Å². The first-order chi connectivity index (χ1) is 12.3. The van der Waals surface area contributed by atoms with E-state index in [0.717, 1.165) is 42.2 Å². The van der Waals surface area contributed by atoms with E-state index < -0.39 is 0 Å². The minimum absolute atomic E-state index is 0.0144. The molecule has 6 heteroatoms. The summed E-state index contributed by atoms with van der Waals surface area (Å²) in [6.45, 7) is 2.68. The summed E-state index contributed by atoms with van der Waals surface area (Å²) >= 11 is 1.60. The second-order valence-electron chi connectivity index (χ2n) is 6.28. The van der Waals surface area contributed by atoms with Crippen molar-refractivity contribution in [1.82, 2.24) is 15.1 Å². The number of hydrogen-bond donors (Lipinski definition) is 2. The third-order valence-electron chi connectivity index (χ3n) is 4.45. The molecule has 1 aliphatic heterocycles. The molecule has 0 fully saturated rings. The van der Waals surface area contributed by atoms with Crippen molar-refractivity contribution in [3.8, 4) is 0 Å². The van der Waals surface area contributed by atoms with E-state index in [1.54, 1.807) is 11.3 Å². The lowest BCUT2D eigenvalue weighted by Crippen LogP contribution is -2.21. The molecule has 3 heterocycles. The van der Waals surface area contributed by atoms with Crippen LogP contribution in [0.15, 0.2) is 47.8 Å². The Balaban J connectivity index is 1.34. The average Bonchev–Trinajstić information content (AvgIpc) is 3.33. The number of fused-ring (bicyclic) bond motifs is 1. The van der Waals surface area contributed by atoms with Gasteiger partial charge < -0.3 is 5.32 Å². The first kappa shape index (κ1) is 16.1. The van der Waals surface area contributed by atoms with E-state index >= 15 is 0 Å². The standard InChI is InChI=1S/C19H20N4OS/c24-18(11-15-7-4-10-25-15)20-19-16-12-23(13-17(16)21-22-19)9-8-14-5-2-1-3-6-14/h1-7,10H,8-9,11-13H2,(H2,20,21,22,24). The number of H-pyrrole nitrogens is 1. The van der Waals surface area contributed by atoms with Crippen molar-refractivity contribution in [3.05, 3.63) is 69.5 Å². The number of amides is 1. The Morgan fingerprint density at radius 1 is 1.20 bits per heavy atom. The lowest BCUT2D eigenvalue weighted by molar-refractivity contribution is -0.115. The molecule has 0 bridgehead atoms. The summed E-state index contributed by atoms with van der Waals surface area (Å²) < 4.78 is 0. The predicted octanol–water partition coefficient (Wildman–Crippen LogP) is 3.21. The summed E-state index contributed by atoms with van der Waals surface area (Å²) in [5, 5.41) is 12.3. The summed E-state index contributed by atoms with van der Waals surface area (Å²) in [6, 6.07) is 14.5. The Morgan fingerprint density at radius 2 is 2.08 bits per heavy atom. The fraction of sp³-hybridized carbons (Fsp3) is 0.263. The van der Waals surface area contributed by atoms with Crippen LogP contribution < -0.4 is 5.32 Å². The first-order valence-electron chi connectivity index (χ1n) is 8.42. The van der Waals surface area contributed by atoms with Crippen molar-refractivity contribution in [2.45, 2.75) is 25.9 Å². The molecule has 1 aromatic carbocycles. The van der Waals surface area contributed by atoms with Gasteiger partial charge in [0.25, 0.3) is 0 Å². The summed E-state index contributed by atoms with van der Waals surface area (Å²) in [4.78, 5) is 15.6. The number of aromatic amines is 1. The summed E-state index contributed by atoms with van der Waals surface area (Å²) in [5.41, 5.74) is 3.58. The van der Waals surface area contributed by atoms with Crippen molar-refractivity contribution >= 4 is 23.1 Å². The van der Waals surface area contributed by atoms with E-state index in [1.165, 1.54) is 5.56 Å². The highest BCUT2D eigenvalue weighted by molar-refractivity contribution is 7.10. The molecule has 3 aromatic rings. The van der Waals surface area contributed by atoms with E-state index in [2.05, 4.69) is 44.7 Å². The van der Waals surface area contributed by atoms with Crippen molar-refractivity contribution in [1.29, 1.82) is 0 Å². The number of nitrogens with one attached hydrogen (secondary N) is 2. The van der Waals surface area contributed by atoms with Crippen LogP contribution >= 0.6 is 11.3 Å². The smallest absolute Gasteiger partial charge is 0.230 e. The summed E-state index contributed by atoms with van der Waals surface area (Å²) in [5.74, 6) is 0.665. The van der Waals surface area contributed by atoms with Gasteiger partial charge in [0.2, 0.25) is 5.91 Å². The third kappa shape index (κ3) is 3.81. The fourth-order valence-corrected chi connectivity index (χ4v) is 3.85. The monoisotopic (exact) mass is 352 g/mol. The number of aromatic nitrogens is 2. The number of anilines is 1. The number of hydrogen-bond acceptors (Lipinski definition) is 4. The Morgan fingerprint density at radius 3 is 2.88 bits per heavy atom. The molecule has 25 heavy (non-hydrogen) atoms. The molecule has 0 spiro atoms. The van der Waals surface area contributed by atoms with Gasteiger partial charge in [0.1, 0.15) is 0 Å². The van der Waals surface area contributed by atoms with Crippen LogP contribution in [0.1, 0.15) is 21.7 Å². The molecule has 128 valence electrons. The molecule has 0 unspecified atom stereocenters. The van der Waals surface area contributed by atoms with Crippen LogP contribution in [0.3, 0.4) is 0 Å². The van der Waals surface area contributed by atoms with Gasteiger partial charge >= 0.3 is 0 Å². The summed E-state index contributed by atoms with van der Waals surface area (Å²) in [7, 11) is 0. The highest BCUT2D eigenvalue weighted by atomic mass is 32.1. The predicted molar refractivity (Wildman–Crippen MR) is 99.5 cm³/mol. The molecule has 0 radical (unpaired) electrons. The van der Waals surface area contributed by atoms with E-state index in [4.69, 9.17) is 0 Å². The Hall–Kier alpha value is -2.44. The molecule has 2 aromatic heterocycles. The molecule has 5 nitrogen and oxygen atoms in total. The van der Waals surface area contributed by atoms with E-state index in [-0.39, 0.29) is 5.91 Å². The SMILES string of the molecule is O=C(Cc1cccs1)Nc1n[nH]c2c1CN(CCc1ccccc1)C2. The lowest BCUT2D eigenvalue weighted by Gasteiger charge is -2.15. The molecular weight excluding hydrogens is 332 g/mol. The van der Waals surface area contributed by atoms with Crippen LogP contribution in [0, 0.1) is 0 Å². The van der Waals surface area contributed by atoms with E-state index in [9.17, 15) is 4.79 Å². The molecule has 0 aliphatic carbocycles. The van der Waals surface area contributed by atoms with Gasteiger partial charge in [0.15, 0.2) is 5.82 Å². The van der Waals surface area contributed by atoms with Gasteiger partial charge in [-0.3, -0.25) is 14.8 Å². The topological polar surface area (TPSA) is 61.0 Å². The van der Waals surface area contributed by atoms with Gasteiger partial charge in [0, 0.05) is 30.1 Å². The number of carbonyl (C=O) groups excluding carboxylic acids is 1. The van der Waals surface area contributed by atoms with Crippen molar-refractivity contribution < 1.29 is 4.79 Å². The maximum absolute atomic E-state index is 12.2. The Labute approximate surface area is 150 Å². The number of thiophene rings is 1. The van der Waals surface area contributed by atoms with Crippen LogP contribution in [-0.4, -0.2) is 27.5 Å². The van der Waals surface area contributed by atoms with Crippen LogP contribution in [0.25, 0.3) is 0 Å². The van der Waals surface area contributed by atoms with Crippen LogP contribution in [-0.2, 0) is 30.7 Å². The number of nitrogens with zero attached hydrogens (tertiary/aromatic N) is 2. The second kappa shape index (κ2) is 7.21. The quantitative estimate of drug-likeness (QED) is 0.716. The minimum atomic E-state index is -0.0144. The number of benzene rings is 1.